The number of nitrogens with zero attached hydrogens (tertiary/aromatic N) is 2. The van der Waals surface area contributed by atoms with Crippen molar-refractivity contribution in [2.24, 2.45) is 0 Å². The number of rotatable bonds is 2. The minimum atomic E-state index is -0.185. The van der Waals surface area contributed by atoms with Gasteiger partial charge in [-0.05, 0) is 33.0 Å². The average molecular weight is 239 g/mol. The van der Waals surface area contributed by atoms with Gasteiger partial charge in [0, 0.05) is 23.5 Å². The minimum Gasteiger partial charge on any atom is -0.337 e. The molecule has 0 fully saturated rings. The van der Waals surface area contributed by atoms with Gasteiger partial charge in [0.2, 0.25) is 0 Å². The highest BCUT2D eigenvalue weighted by atomic mass is 32.1. The third kappa shape index (κ3) is 1.66. The number of imidazole rings is 1. The molecule has 80 valence electrons. The van der Waals surface area contributed by atoms with Crippen LogP contribution in [0.3, 0.4) is 0 Å². The second-order valence-corrected chi connectivity index (χ2v) is 5.25. The number of aromatic nitrogens is 3. The van der Waals surface area contributed by atoms with E-state index in [-0.39, 0.29) is 5.54 Å². The SMILES string of the molecule is Cc1c[nH]c(=S)n1C(C)(C)c1nccs1. The first-order valence-electron chi connectivity index (χ1n) is 4.71. The minimum absolute atomic E-state index is 0.185. The molecular weight excluding hydrogens is 226 g/mol. The van der Waals surface area contributed by atoms with E-state index in [4.69, 9.17) is 12.2 Å². The fraction of sp³-hybridized carbons (Fsp3) is 0.400. The molecule has 0 unspecified atom stereocenters. The summed E-state index contributed by atoms with van der Waals surface area (Å²) in [5.74, 6) is 0. The van der Waals surface area contributed by atoms with Crippen LogP contribution in [-0.4, -0.2) is 14.5 Å². The Hall–Kier alpha value is -0.940. The molecule has 0 atom stereocenters. The highest BCUT2D eigenvalue weighted by molar-refractivity contribution is 7.71. The highest BCUT2D eigenvalue weighted by Gasteiger charge is 2.27. The summed E-state index contributed by atoms with van der Waals surface area (Å²) < 4.78 is 2.84. The maximum Gasteiger partial charge on any atom is 0.178 e. The number of nitrogens with one attached hydrogen (secondary N) is 1. The normalized spacial score (nSPS) is 11.9. The zero-order valence-corrected chi connectivity index (χ0v) is 10.6. The van der Waals surface area contributed by atoms with Crippen LogP contribution in [0.15, 0.2) is 17.8 Å². The summed E-state index contributed by atoms with van der Waals surface area (Å²) in [5, 5.41) is 3.06. The smallest absolute Gasteiger partial charge is 0.178 e. The molecule has 0 aliphatic carbocycles. The average Bonchev–Trinajstić information content (AvgIpc) is 2.75. The Morgan fingerprint density at radius 1 is 1.53 bits per heavy atom. The first-order valence-corrected chi connectivity index (χ1v) is 6.00. The quantitative estimate of drug-likeness (QED) is 0.817. The third-order valence-electron chi connectivity index (χ3n) is 2.48. The molecule has 0 spiro atoms. The van der Waals surface area contributed by atoms with Gasteiger partial charge in [-0.25, -0.2) is 4.98 Å². The van der Waals surface area contributed by atoms with Crippen molar-refractivity contribution in [2.45, 2.75) is 26.3 Å². The monoisotopic (exact) mass is 239 g/mol. The summed E-state index contributed by atoms with van der Waals surface area (Å²) in [6.07, 6.45) is 3.75. The van der Waals surface area contributed by atoms with Crippen LogP contribution in [0, 0.1) is 11.7 Å². The number of H-pyrrole nitrogens is 1. The van der Waals surface area contributed by atoms with Crippen molar-refractivity contribution in [3.05, 3.63) is 33.2 Å². The van der Waals surface area contributed by atoms with Crippen molar-refractivity contribution in [1.29, 1.82) is 0 Å². The summed E-state index contributed by atoms with van der Waals surface area (Å²) in [7, 11) is 0. The lowest BCUT2D eigenvalue weighted by atomic mass is 10.1. The van der Waals surface area contributed by atoms with Gasteiger partial charge in [0.25, 0.3) is 0 Å². The molecule has 5 heteroatoms. The number of thiazole rings is 1. The fourth-order valence-electron chi connectivity index (χ4n) is 1.77. The van der Waals surface area contributed by atoms with E-state index < -0.39 is 0 Å². The molecule has 0 aromatic carbocycles. The van der Waals surface area contributed by atoms with Crippen molar-refractivity contribution in [3.8, 4) is 0 Å². The topological polar surface area (TPSA) is 33.6 Å². The number of aromatic amines is 1. The van der Waals surface area contributed by atoms with Gasteiger partial charge in [-0.1, -0.05) is 0 Å². The van der Waals surface area contributed by atoms with E-state index in [0.717, 1.165) is 15.5 Å². The lowest BCUT2D eigenvalue weighted by Gasteiger charge is -2.25. The molecule has 1 N–H and O–H groups in total. The molecule has 0 saturated heterocycles. The fourth-order valence-corrected chi connectivity index (χ4v) is 2.95. The van der Waals surface area contributed by atoms with Crippen LogP contribution in [0.2, 0.25) is 0 Å². The van der Waals surface area contributed by atoms with E-state index in [1.54, 1.807) is 11.3 Å². The Labute approximate surface area is 97.8 Å². The van der Waals surface area contributed by atoms with Crippen LogP contribution in [0.25, 0.3) is 0 Å². The molecular formula is C10H13N3S2. The van der Waals surface area contributed by atoms with Crippen LogP contribution in [-0.2, 0) is 5.54 Å². The molecule has 3 nitrogen and oxygen atoms in total. The Bertz CT molecular complexity index is 505. The van der Waals surface area contributed by atoms with Gasteiger partial charge in [-0.3, -0.25) is 0 Å². The zero-order valence-electron chi connectivity index (χ0n) is 8.94. The molecule has 2 heterocycles. The maximum absolute atomic E-state index is 5.28. The summed E-state index contributed by atoms with van der Waals surface area (Å²) in [5.41, 5.74) is 0.940. The maximum atomic E-state index is 5.28. The predicted molar refractivity (Wildman–Crippen MR) is 64.9 cm³/mol. The van der Waals surface area contributed by atoms with E-state index >= 15 is 0 Å². The molecule has 0 radical (unpaired) electrons. The van der Waals surface area contributed by atoms with Crippen molar-refractivity contribution in [1.82, 2.24) is 14.5 Å². The van der Waals surface area contributed by atoms with E-state index in [1.807, 2.05) is 24.7 Å². The van der Waals surface area contributed by atoms with Crippen molar-refractivity contribution in [2.75, 3.05) is 0 Å². The third-order valence-corrected chi connectivity index (χ3v) is 3.86. The summed E-state index contributed by atoms with van der Waals surface area (Å²) in [6, 6.07) is 0. The summed E-state index contributed by atoms with van der Waals surface area (Å²) >= 11 is 6.93. The molecule has 0 bridgehead atoms. The van der Waals surface area contributed by atoms with Crippen LogP contribution in [0.4, 0.5) is 0 Å². The van der Waals surface area contributed by atoms with Crippen LogP contribution in [0.5, 0.6) is 0 Å². The van der Waals surface area contributed by atoms with Crippen LogP contribution < -0.4 is 0 Å². The van der Waals surface area contributed by atoms with Crippen LogP contribution >= 0.6 is 23.6 Å². The van der Waals surface area contributed by atoms with E-state index in [1.165, 1.54) is 0 Å². The van der Waals surface area contributed by atoms with Crippen molar-refractivity contribution in [3.63, 3.8) is 0 Å². The van der Waals surface area contributed by atoms with Gasteiger partial charge in [0.15, 0.2) is 4.77 Å². The first-order chi connectivity index (χ1) is 7.03. The Balaban J connectivity index is 2.60. The summed E-state index contributed by atoms with van der Waals surface area (Å²) in [6.45, 7) is 6.30. The van der Waals surface area contributed by atoms with Gasteiger partial charge in [-0.15, -0.1) is 11.3 Å². The second-order valence-electron chi connectivity index (χ2n) is 3.97. The largest absolute Gasteiger partial charge is 0.337 e. The first kappa shape index (κ1) is 10.6. The van der Waals surface area contributed by atoms with E-state index in [0.29, 0.717) is 0 Å². The van der Waals surface area contributed by atoms with E-state index in [9.17, 15) is 0 Å². The molecule has 0 saturated carbocycles. The zero-order chi connectivity index (χ0) is 11.1. The lowest BCUT2D eigenvalue weighted by Crippen LogP contribution is -2.28. The molecule has 15 heavy (non-hydrogen) atoms. The highest BCUT2D eigenvalue weighted by Crippen LogP contribution is 2.28. The second kappa shape index (κ2) is 3.57. The molecule has 2 aromatic rings. The van der Waals surface area contributed by atoms with Crippen molar-refractivity contribution >= 4 is 23.6 Å². The Morgan fingerprint density at radius 2 is 2.27 bits per heavy atom. The standard InChI is InChI=1S/C10H13N3S2/c1-7-6-12-9(14)13(7)10(2,3)8-11-4-5-15-8/h4-6H,1-3H3,(H,12,14). The lowest BCUT2D eigenvalue weighted by molar-refractivity contribution is 0.420. The number of hydrogen-bond acceptors (Lipinski definition) is 3. The summed E-state index contributed by atoms with van der Waals surface area (Å²) in [4.78, 5) is 7.42. The van der Waals surface area contributed by atoms with Gasteiger partial charge >= 0.3 is 0 Å². The number of aryl methyl sites for hydroxylation is 1. The molecule has 0 amide bonds. The molecule has 0 aliphatic heterocycles. The molecule has 2 aromatic heterocycles. The number of hydrogen-bond donors (Lipinski definition) is 1. The van der Waals surface area contributed by atoms with Crippen molar-refractivity contribution < 1.29 is 0 Å². The molecule has 2 rings (SSSR count). The Morgan fingerprint density at radius 3 is 2.73 bits per heavy atom. The van der Waals surface area contributed by atoms with Gasteiger partial charge in [-0.2, -0.15) is 0 Å². The van der Waals surface area contributed by atoms with Gasteiger partial charge in [0.05, 0.1) is 5.54 Å². The molecule has 0 aliphatic rings. The van der Waals surface area contributed by atoms with Gasteiger partial charge in [0.1, 0.15) is 5.01 Å². The predicted octanol–water partition coefficient (Wildman–Crippen LogP) is 3.09. The van der Waals surface area contributed by atoms with Crippen LogP contribution in [0.1, 0.15) is 24.5 Å². The van der Waals surface area contributed by atoms with E-state index in [2.05, 4.69) is 28.4 Å². The Kier molecular flexibility index (Phi) is 2.52. The van der Waals surface area contributed by atoms with Gasteiger partial charge < -0.3 is 9.55 Å².